The second-order valence-electron chi connectivity index (χ2n) is 8.64. The van der Waals surface area contributed by atoms with E-state index in [4.69, 9.17) is 14.2 Å². The summed E-state index contributed by atoms with van der Waals surface area (Å²) in [6, 6.07) is 16.7. The van der Waals surface area contributed by atoms with Crippen LogP contribution in [0.3, 0.4) is 0 Å². The number of Topliss-reactive ketones (excluding diaryl/α,β-unsaturated/α-hetero) is 1. The zero-order valence-corrected chi connectivity index (χ0v) is 21.5. The minimum Gasteiger partial charge on any atom is -0.507 e. The Bertz CT molecular complexity index is 1400. The molecule has 1 saturated heterocycles. The van der Waals surface area contributed by atoms with Gasteiger partial charge in [0.25, 0.3) is 11.7 Å². The Labute approximate surface area is 221 Å². The molecule has 0 aliphatic carbocycles. The molecule has 2 aliphatic rings. The monoisotopic (exact) mass is 565 g/mol. The van der Waals surface area contributed by atoms with Crippen LogP contribution in [-0.2, 0) is 16.0 Å². The minimum absolute atomic E-state index is 0.0608. The van der Waals surface area contributed by atoms with Crippen LogP contribution in [0.1, 0.15) is 22.7 Å². The van der Waals surface area contributed by atoms with Gasteiger partial charge in [-0.3, -0.25) is 9.59 Å². The van der Waals surface area contributed by atoms with Gasteiger partial charge < -0.3 is 29.3 Å². The van der Waals surface area contributed by atoms with E-state index in [1.54, 1.807) is 30.3 Å². The summed E-state index contributed by atoms with van der Waals surface area (Å²) >= 11 is 3.33. The van der Waals surface area contributed by atoms with E-state index in [1.807, 2.05) is 30.3 Å². The second-order valence-corrected chi connectivity index (χ2v) is 9.49. The van der Waals surface area contributed by atoms with Crippen molar-refractivity contribution >= 4 is 33.4 Å². The van der Waals surface area contributed by atoms with E-state index < -0.39 is 17.7 Å². The summed E-state index contributed by atoms with van der Waals surface area (Å²) in [6.45, 7) is 1.02. The van der Waals surface area contributed by atoms with Crippen LogP contribution in [0.25, 0.3) is 5.76 Å². The molecule has 2 heterocycles. The van der Waals surface area contributed by atoms with Gasteiger partial charge in [0, 0.05) is 12.1 Å². The molecule has 0 spiro atoms. The number of nitrogens with zero attached hydrogens (tertiary/aromatic N) is 1. The smallest absolute Gasteiger partial charge is 0.295 e. The van der Waals surface area contributed by atoms with Crippen LogP contribution < -0.4 is 14.2 Å². The van der Waals surface area contributed by atoms with E-state index in [2.05, 4.69) is 15.9 Å². The molecule has 190 valence electrons. The third-order valence-electron chi connectivity index (χ3n) is 6.43. The van der Waals surface area contributed by atoms with Gasteiger partial charge in [0.15, 0.2) is 23.0 Å². The summed E-state index contributed by atoms with van der Waals surface area (Å²) in [5.74, 6) is -0.812. The average molecular weight is 566 g/mol. The predicted molar refractivity (Wildman–Crippen MR) is 139 cm³/mol. The number of ether oxygens (including phenoxy) is 3. The molecule has 0 bridgehead atoms. The zero-order valence-electron chi connectivity index (χ0n) is 19.9. The van der Waals surface area contributed by atoms with Crippen LogP contribution in [0, 0.1) is 0 Å². The predicted octanol–water partition coefficient (Wildman–Crippen LogP) is 4.60. The van der Waals surface area contributed by atoms with E-state index in [-0.39, 0.29) is 29.4 Å². The first kappa shape index (κ1) is 24.7. The van der Waals surface area contributed by atoms with Crippen molar-refractivity contribution in [3.63, 3.8) is 0 Å². The molecule has 1 fully saturated rings. The fraction of sp³-hybridized carbons (Fsp3) is 0.214. The Morgan fingerprint density at radius 1 is 1.05 bits per heavy atom. The third kappa shape index (κ3) is 4.62. The molecule has 0 radical (unpaired) electrons. The van der Waals surface area contributed by atoms with E-state index in [0.29, 0.717) is 46.7 Å². The van der Waals surface area contributed by atoms with E-state index in [0.717, 1.165) is 5.56 Å². The number of ketones is 1. The molecule has 2 aliphatic heterocycles. The molecule has 3 aromatic carbocycles. The van der Waals surface area contributed by atoms with Gasteiger partial charge in [0.2, 0.25) is 0 Å². The zero-order chi connectivity index (χ0) is 26.1. The van der Waals surface area contributed by atoms with Crippen molar-refractivity contribution in [2.75, 3.05) is 26.9 Å². The number of aromatic hydroxyl groups is 1. The van der Waals surface area contributed by atoms with Crippen molar-refractivity contribution in [2.45, 2.75) is 12.5 Å². The number of carbonyl (C=O) groups excluding carboxylic acids is 2. The summed E-state index contributed by atoms with van der Waals surface area (Å²) < 4.78 is 16.8. The number of hydrogen-bond donors (Lipinski definition) is 2. The second kappa shape index (κ2) is 10.2. The number of phenolic OH excluding ortho intramolecular Hbond substituents is 1. The van der Waals surface area contributed by atoms with Gasteiger partial charge in [-0.1, -0.05) is 30.3 Å². The standard InChI is InChI=1S/C28H24BrNO7/c1-35-22-15-18(13-19(29)26(22)32)24-23(25(31)17-7-8-20-21(14-17)37-12-11-36-20)27(33)28(34)30(24)10-9-16-5-3-2-4-6-16/h2-8,13-15,24,31-32H,9-12H2,1H3/b25-23+/t24-/m0/s1. The summed E-state index contributed by atoms with van der Waals surface area (Å²) in [5.41, 5.74) is 1.75. The first-order valence-electron chi connectivity index (χ1n) is 11.7. The number of carbonyl (C=O) groups is 2. The van der Waals surface area contributed by atoms with Gasteiger partial charge in [-0.15, -0.1) is 0 Å². The Hall–Kier alpha value is -3.98. The van der Waals surface area contributed by atoms with Crippen molar-refractivity contribution < 1.29 is 34.0 Å². The maximum Gasteiger partial charge on any atom is 0.295 e. The molecule has 0 unspecified atom stereocenters. The Balaban J connectivity index is 1.63. The summed E-state index contributed by atoms with van der Waals surface area (Å²) in [7, 11) is 1.41. The highest BCUT2D eigenvalue weighted by atomic mass is 79.9. The summed E-state index contributed by atoms with van der Waals surface area (Å²) in [4.78, 5) is 28.1. The van der Waals surface area contributed by atoms with Crippen LogP contribution in [0.2, 0.25) is 0 Å². The Morgan fingerprint density at radius 2 is 1.78 bits per heavy atom. The summed E-state index contributed by atoms with van der Waals surface area (Å²) in [6.07, 6.45) is 0.505. The van der Waals surface area contributed by atoms with Crippen molar-refractivity contribution in [1.82, 2.24) is 4.90 Å². The third-order valence-corrected chi connectivity index (χ3v) is 7.03. The van der Waals surface area contributed by atoms with Gasteiger partial charge in [0.05, 0.1) is 23.2 Å². The van der Waals surface area contributed by atoms with Crippen LogP contribution in [-0.4, -0.2) is 53.7 Å². The van der Waals surface area contributed by atoms with E-state index in [1.165, 1.54) is 12.0 Å². The first-order chi connectivity index (χ1) is 17.9. The lowest BCUT2D eigenvalue weighted by Gasteiger charge is -2.26. The molecule has 0 saturated carbocycles. The first-order valence-corrected chi connectivity index (χ1v) is 12.5. The molecule has 37 heavy (non-hydrogen) atoms. The molecule has 9 heteroatoms. The quantitative estimate of drug-likeness (QED) is 0.255. The molecule has 5 rings (SSSR count). The Kier molecular flexibility index (Phi) is 6.80. The topological polar surface area (TPSA) is 106 Å². The minimum atomic E-state index is -0.914. The molecule has 8 nitrogen and oxygen atoms in total. The molecule has 1 atom stereocenters. The lowest BCUT2D eigenvalue weighted by molar-refractivity contribution is -0.139. The number of hydrogen-bond acceptors (Lipinski definition) is 7. The number of benzene rings is 3. The van der Waals surface area contributed by atoms with Crippen LogP contribution >= 0.6 is 15.9 Å². The number of amides is 1. The van der Waals surface area contributed by atoms with Gasteiger partial charge in [0.1, 0.15) is 19.0 Å². The van der Waals surface area contributed by atoms with Crippen molar-refractivity contribution in [1.29, 1.82) is 0 Å². The SMILES string of the molecule is COc1cc([C@H]2/C(=C(\O)c3ccc4c(c3)OCCO4)C(=O)C(=O)N2CCc2ccccc2)cc(Br)c1O. The van der Waals surface area contributed by atoms with E-state index >= 15 is 0 Å². The normalized spacial score (nSPS) is 18.2. The fourth-order valence-electron chi connectivity index (χ4n) is 4.60. The molecular weight excluding hydrogens is 542 g/mol. The van der Waals surface area contributed by atoms with E-state index in [9.17, 15) is 19.8 Å². The number of methoxy groups -OCH3 is 1. The highest BCUT2D eigenvalue weighted by molar-refractivity contribution is 9.10. The average Bonchev–Trinajstić information content (AvgIpc) is 3.18. The molecule has 3 aromatic rings. The number of phenols is 1. The maximum absolute atomic E-state index is 13.4. The lowest BCUT2D eigenvalue weighted by Crippen LogP contribution is -2.31. The summed E-state index contributed by atoms with van der Waals surface area (Å²) in [5, 5.41) is 21.7. The number of aliphatic hydroxyl groups is 1. The number of halogens is 1. The van der Waals surface area contributed by atoms with Gasteiger partial charge >= 0.3 is 0 Å². The van der Waals surface area contributed by atoms with Crippen molar-refractivity contribution in [2.24, 2.45) is 0 Å². The molecular formula is C28H24BrNO7. The van der Waals surface area contributed by atoms with Crippen molar-refractivity contribution in [3.05, 3.63) is 87.4 Å². The van der Waals surface area contributed by atoms with Gasteiger partial charge in [-0.05, 0) is 63.8 Å². The molecule has 0 aromatic heterocycles. The number of likely N-dealkylation sites (tertiary alicyclic amines) is 1. The van der Waals surface area contributed by atoms with Gasteiger partial charge in [-0.2, -0.15) is 0 Å². The number of rotatable bonds is 6. The lowest BCUT2D eigenvalue weighted by atomic mass is 9.94. The maximum atomic E-state index is 13.4. The Morgan fingerprint density at radius 3 is 2.51 bits per heavy atom. The highest BCUT2D eigenvalue weighted by Crippen LogP contribution is 2.45. The number of fused-ring (bicyclic) bond motifs is 1. The number of aliphatic hydroxyl groups excluding tert-OH is 1. The van der Waals surface area contributed by atoms with Crippen LogP contribution in [0.5, 0.6) is 23.0 Å². The largest absolute Gasteiger partial charge is 0.507 e. The van der Waals surface area contributed by atoms with Crippen LogP contribution in [0.4, 0.5) is 0 Å². The van der Waals surface area contributed by atoms with Crippen LogP contribution in [0.15, 0.2) is 70.7 Å². The fourth-order valence-corrected chi connectivity index (χ4v) is 5.06. The van der Waals surface area contributed by atoms with Crippen molar-refractivity contribution in [3.8, 4) is 23.0 Å². The highest BCUT2D eigenvalue weighted by Gasteiger charge is 2.46. The molecule has 1 amide bonds. The van der Waals surface area contributed by atoms with Gasteiger partial charge in [-0.25, -0.2) is 0 Å². The molecule has 2 N–H and O–H groups in total.